The van der Waals surface area contributed by atoms with E-state index in [1.165, 1.54) is 31.0 Å². The Morgan fingerprint density at radius 2 is 2.16 bits per heavy atom. The molecule has 6 heteroatoms. The molecule has 1 aromatic carbocycles. The third-order valence-electron chi connectivity index (χ3n) is 4.57. The maximum atomic E-state index is 13.2. The van der Waals surface area contributed by atoms with Gasteiger partial charge in [0.2, 0.25) is 0 Å². The minimum atomic E-state index is -0.170. The van der Waals surface area contributed by atoms with Gasteiger partial charge in [-0.3, -0.25) is 4.99 Å². The third kappa shape index (κ3) is 7.90. The molecule has 2 rings (SSSR count). The second-order valence-electron chi connectivity index (χ2n) is 6.74. The summed E-state index contributed by atoms with van der Waals surface area (Å²) in [6, 6.07) is 4.99. The molecule has 1 fully saturated rings. The SMILES string of the molecule is CCNC(=NCC1CCCN(C)C1)NCCc1ccc(F)cc1C.I. The number of piperidine rings is 1. The van der Waals surface area contributed by atoms with Crippen LogP contribution in [-0.4, -0.2) is 50.6 Å². The van der Waals surface area contributed by atoms with Gasteiger partial charge in [-0.2, -0.15) is 0 Å². The Morgan fingerprint density at radius 1 is 1.36 bits per heavy atom. The van der Waals surface area contributed by atoms with Crippen LogP contribution >= 0.6 is 24.0 Å². The first-order valence-corrected chi connectivity index (χ1v) is 9.04. The van der Waals surface area contributed by atoms with Crippen LogP contribution < -0.4 is 10.6 Å². The molecule has 0 aliphatic carbocycles. The van der Waals surface area contributed by atoms with Gasteiger partial charge in [0.15, 0.2) is 5.96 Å². The molecule has 0 bridgehead atoms. The number of nitrogens with one attached hydrogen (secondary N) is 2. The van der Waals surface area contributed by atoms with E-state index < -0.39 is 0 Å². The van der Waals surface area contributed by atoms with E-state index in [0.717, 1.165) is 44.1 Å². The Kier molecular flexibility index (Phi) is 10.3. The molecule has 0 radical (unpaired) electrons. The lowest BCUT2D eigenvalue weighted by Crippen LogP contribution is -2.39. The molecule has 1 saturated heterocycles. The van der Waals surface area contributed by atoms with Crippen LogP contribution in [0.2, 0.25) is 0 Å². The average Bonchev–Trinajstić information content (AvgIpc) is 2.54. The fraction of sp³-hybridized carbons (Fsp3) is 0.632. The number of hydrogen-bond donors (Lipinski definition) is 2. The standard InChI is InChI=1S/C19H31FN4.HI/c1-4-21-19(23-13-16-6-5-11-24(3)14-16)22-10-9-17-7-8-18(20)12-15(17)2;/h7-8,12,16H,4-6,9-11,13-14H2,1-3H3,(H2,21,22,23);1H. The minimum Gasteiger partial charge on any atom is -0.357 e. The molecule has 142 valence electrons. The summed E-state index contributed by atoms with van der Waals surface area (Å²) in [5.74, 6) is 1.36. The number of hydrogen-bond acceptors (Lipinski definition) is 2. The Bertz CT molecular complexity index is 550. The molecular weight excluding hydrogens is 430 g/mol. The first-order chi connectivity index (χ1) is 11.6. The fourth-order valence-electron chi connectivity index (χ4n) is 3.24. The highest BCUT2D eigenvalue weighted by Crippen LogP contribution is 2.15. The van der Waals surface area contributed by atoms with Gasteiger partial charge in [0.05, 0.1) is 0 Å². The number of guanidine groups is 1. The van der Waals surface area contributed by atoms with Crippen LogP contribution in [0.3, 0.4) is 0 Å². The van der Waals surface area contributed by atoms with Crippen molar-refractivity contribution in [1.82, 2.24) is 15.5 Å². The molecule has 1 aromatic rings. The van der Waals surface area contributed by atoms with E-state index in [-0.39, 0.29) is 29.8 Å². The van der Waals surface area contributed by atoms with Crippen LogP contribution in [0.15, 0.2) is 23.2 Å². The molecule has 1 heterocycles. The summed E-state index contributed by atoms with van der Waals surface area (Å²) in [6.45, 7) is 8.89. The topological polar surface area (TPSA) is 39.7 Å². The molecule has 1 aliphatic heterocycles. The Hall–Kier alpha value is -0.890. The predicted octanol–water partition coefficient (Wildman–Crippen LogP) is 3.19. The summed E-state index contributed by atoms with van der Waals surface area (Å²) < 4.78 is 13.2. The van der Waals surface area contributed by atoms with Gasteiger partial charge in [-0.1, -0.05) is 6.07 Å². The monoisotopic (exact) mass is 462 g/mol. The summed E-state index contributed by atoms with van der Waals surface area (Å²) >= 11 is 0. The summed E-state index contributed by atoms with van der Waals surface area (Å²) in [5.41, 5.74) is 2.18. The van der Waals surface area contributed by atoms with Crippen LogP contribution in [0, 0.1) is 18.7 Å². The quantitative estimate of drug-likeness (QED) is 0.388. The molecule has 0 spiro atoms. The van der Waals surface area contributed by atoms with E-state index in [0.29, 0.717) is 5.92 Å². The molecule has 0 amide bonds. The van der Waals surface area contributed by atoms with E-state index in [1.807, 2.05) is 13.0 Å². The van der Waals surface area contributed by atoms with Crippen LogP contribution in [0.1, 0.15) is 30.9 Å². The van der Waals surface area contributed by atoms with Crippen LogP contribution in [-0.2, 0) is 6.42 Å². The van der Waals surface area contributed by atoms with Crippen molar-refractivity contribution >= 4 is 29.9 Å². The van der Waals surface area contributed by atoms with Crippen molar-refractivity contribution in [1.29, 1.82) is 0 Å². The second kappa shape index (κ2) is 11.7. The zero-order chi connectivity index (χ0) is 17.4. The average molecular weight is 462 g/mol. The van der Waals surface area contributed by atoms with Gasteiger partial charge in [-0.15, -0.1) is 24.0 Å². The highest BCUT2D eigenvalue weighted by Gasteiger charge is 2.16. The second-order valence-corrected chi connectivity index (χ2v) is 6.74. The summed E-state index contributed by atoms with van der Waals surface area (Å²) in [5, 5.41) is 6.70. The largest absolute Gasteiger partial charge is 0.357 e. The van der Waals surface area contributed by atoms with E-state index in [2.05, 4.69) is 29.5 Å². The molecule has 25 heavy (non-hydrogen) atoms. The van der Waals surface area contributed by atoms with Gasteiger partial charge in [-0.25, -0.2) is 4.39 Å². The zero-order valence-corrected chi connectivity index (χ0v) is 18.0. The van der Waals surface area contributed by atoms with Crippen LogP contribution in [0.4, 0.5) is 4.39 Å². The normalized spacial score (nSPS) is 18.6. The fourth-order valence-corrected chi connectivity index (χ4v) is 3.24. The van der Waals surface area contributed by atoms with Crippen molar-refractivity contribution in [3.8, 4) is 0 Å². The summed E-state index contributed by atoms with van der Waals surface area (Å²) in [7, 11) is 2.18. The van der Waals surface area contributed by atoms with Gasteiger partial charge in [-0.05, 0) is 75.9 Å². The first kappa shape index (κ1) is 22.2. The highest BCUT2D eigenvalue weighted by molar-refractivity contribution is 14.0. The summed E-state index contributed by atoms with van der Waals surface area (Å²) in [4.78, 5) is 7.14. The maximum Gasteiger partial charge on any atom is 0.191 e. The number of rotatable bonds is 6. The van der Waals surface area contributed by atoms with Crippen LogP contribution in [0.25, 0.3) is 0 Å². The lowest BCUT2D eigenvalue weighted by atomic mass is 9.99. The van der Waals surface area contributed by atoms with Crippen molar-refractivity contribution in [2.24, 2.45) is 10.9 Å². The molecule has 1 aliphatic rings. The van der Waals surface area contributed by atoms with Gasteiger partial charge in [0.1, 0.15) is 5.82 Å². The Morgan fingerprint density at radius 3 is 2.84 bits per heavy atom. The van der Waals surface area contributed by atoms with Gasteiger partial charge >= 0.3 is 0 Å². The lowest BCUT2D eigenvalue weighted by Gasteiger charge is -2.28. The third-order valence-corrected chi connectivity index (χ3v) is 4.57. The molecule has 1 unspecified atom stereocenters. The van der Waals surface area contributed by atoms with Crippen molar-refractivity contribution < 1.29 is 4.39 Å². The van der Waals surface area contributed by atoms with Gasteiger partial charge in [0, 0.05) is 26.2 Å². The number of nitrogens with zero attached hydrogens (tertiary/aromatic N) is 2. The molecule has 4 nitrogen and oxygen atoms in total. The van der Waals surface area contributed by atoms with E-state index in [9.17, 15) is 4.39 Å². The minimum absolute atomic E-state index is 0. The van der Waals surface area contributed by atoms with Crippen molar-refractivity contribution in [2.45, 2.75) is 33.1 Å². The number of likely N-dealkylation sites (tertiary alicyclic amines) is 1. The van der Waals surface area contributed by atoms with E-state index in [4.69, 9.17) is 4.99 Å². The van der Waals surface area contributed by atoms with Crippen molar-refractivity contribution in [3.05, 3.63) is 35.1 Å². The number of halogens is 2. The molecular formula is C19H32FIN4. The predicted molar refractivity (Wildman–Crippen MR) is 114 cm³/mol. The lowest BCUT2D eigenvalue weighted by molar-refractivity contribution is 0.214. The van der Waals surface area contributed by atoms with E-state index in [1.54, 1.807) is 6.07 Å². The zero-order valence-electron chi connectivity index (χ0n) is 15.6. The van der Waals surface area contributed by atoms with E-state index >= 15 is 0 Å². The van der Waals surface area contributed by atoms with Gasteiger partial charge < -0.3 is 15.5 Å². The Labute approximate surface area is 168 Å². The molecule has 2 N–H and O–H groups in total. The smallest absolute Gasteiger partial charge is 0.191 e. The molecule has 1 atom stereocenters. The molecule has 0 saturated carbocycles. The van der Waals surface area contributed by atoms with Gasteiger partial charge in [0.25, 0.3) is 0 Å². The number of aryl methyl sites for hydroxylation is 1. The van der Waals surface area contributed by atoms with Crippen molar-refractivity contribution in [2.75, 3.05) is 39.8 Å². The maximum absolute atomic E-state index is 13.2. The number of benzene rings is 1. The van der Waals surface area contributed by atoms with Crippen molar-refractivity contribution in [3.63, 3.8) is 0 Å². The highest BCUT2D eigenvalue weighted by atomic mass is 127. The molecule has 0 aromatic heterocycles. The Balaban J connectivity index is 0.00000312. The summed E-state index contributed by atoms with van der Waals surface area (Å²) in [6.07, 6.45) is 3.40. The van der Waals surface area contributed by atoms with Crippen LogP contribution in [0.5, 0.6) is 0 Å². The number of aliphatic imine (C=N–C) groups is 1. The first-order valence-electron chi connectivity index (χ1n) is 9.04.